The summed E-state index contributed by atoms with van der Waals surface area (Å²) in [6, 6.07) is 7.58. The van der Waals surface area contributed by atoms with Crippen molar-refractivity contribution in [2.24, 2.45) is 0 Å². The molecule has 1 aromatic heterocycles. The van der Waals surface area contributed by atoms with E-state index in [1.54, 1.807) is 16.9 Å². The molecule has 0 unspecified atom stereocenters. The van der Waals surface area contributed by atoms with E-state index in [1.807, 2.05) is 26.0 Å². The summed E-state index contributed by atoms with van der Waals surface area (Å²) in [6.45, 7) is 4.37. The van der Waals surface area contributed by atoms with Crippen LogP contribution in [0.25, 0.3) is 0 Å². The maximum atomic E-state index is 11.6. The average Bonchev–Trinajstić information content (AvgIpc) is 2.90. The zero-order valence-corrected chi connectivity index (χ0v) is 12.2. The largest absolute Gasteiger partial charge is 0.471 e. The van der Waals surface area contributed by atoms with E-state index in [0.717, 1.165) is 16.9 Å². The quantitative estimate of drug-likeness (QED) is 0.839. The number of carbonyl (C=O) groups excluding carboxylic acids is 1. The summed E-state index contributed by atoms with van der Waals surface area (Å²) in [5, 5.41) is 15.3. The van der Waals surface area contributed by atoms with Gasteiger partial charge in [0.2, 0.25) is 0 Å². The van der Waals surface area contributed by atoms with Gasteiger partial charge in [-0.15, -0.1) is 0 Å². The second kappa shape index (κ2) is 6.90. The van der Waals surface area contributed by atoms with E-state index in [2.05, 4.69) is 16.5 Å². The molecule has 6 heteroatoms. The third-order valence-corrected chi connectivity index (χ3v) is 2.83. The van der Waals surface area contributed by atoms with Crippen molar-refractivity contribution in [3.63, 3.8) is 0 Å². The Labute approximate surface area is 123 Å². The third-order valence-electron chi connectivity index (χ3n) is 2.83. The van der Waals surface area contributed by atoms with Crippen LogP contribution in [-0.2, 0) is 6.73 Å². The molecule has 0 bridgehead atoms. The fraction of sp³-hybridized carbons (Fsp3) is 0.333. The van der Waals surface area contributed by atoms with Crippen LogP contribution < -0.4 is 10.1 Å². The average molecular weight is 289 g/mol. The molecule has 112 valence electrons. The lowest BCUT2D eigenvalue weighted by molar-refractivity contribution is 0.0937. The van der Waals surface area contributed by atoms with Crippen LogP contribution in [0, 0.1) is 13.8 Å². The van der Waals surface area contributed by atoms with Gasteiger partial charge in [0.05, 0.1) is 6.61 Å². The molecule has 0 spiro atoms. The van der Waals surface area contributed by atoms with Crippen LogP contribution in [0.2, 0.25) is 0 Å². The highest BCUT2D eigenvalue weighted by molar-refractivity contribution is 5.92. The predicted octanol–water partition coefficient (Wildman–Crippen LogP) is 1.26. The van der Waals surface area contributed by atoms with Crippen molar-refractivity contribution in [1.29, 1.82) is 0 Å². The van der Waals surface area contributed by atoms with Gasteiger partial charge < -0.3 is 15.2 Å². The van der Waals surface area contributed by atoms with Crippen molar-refractivity contribution < 1.29 is 14.6 Å². The summed E-state index contributed by atoms with van der Waals surface area (Å²) in [4.78, 5) is 11.6. The van der Waals surface area contributed by atoms with Gasteiger partial charge in [0.1, 0.15) is 11.4 Å². The van der Waals surface area contributed by atoms with Crippen molar-refractivity contribution >= 4 is 5.91 Å². The van der Waals surface area contributed by atoms with Gasteiger partial charge in [-0.05, 0) is 43.2 Å². The minimum absolute atomic E-state index is 0.0950. The number of aliphatic hydroxyl groups is 1. The predicted molar refractivity (Wildman–Crippen MR) is 78.2 cm³/mol. The third kappa shape index (κ3) is 4.32. The van der Waals surface area contributed by atoms with Crippen molar-refractivity contribution in [2.45, 2.75) is 20.6 Å². The number of nitrogens with zero attached hydrogens (tertiary/aromatic N) is 2. The smallest absolute Gasteiger partial charge is 0.271 e. The summed E-state index contributed by atoms with van der Waals surface area (Å²) >= 11 is 0. The van der Waals surface area contributed by atoms with Crippen molar-refractivity contribution in [3.05, 3.63) is 47.3 Å². The standard InChI is InChI=1S/C15H19N3O3/c1-11-7-12(2)9-13(8-11)21-10-18-5-3-14(17-18)15(20)16-4-6-19/h3,5,7-9,19H,4,6,10H2,1-2H3,(H,16,20). The molecular weight excluding hydrogens is 270 g/mol. The lowest BCUT2D eigenvalue weighted by Gasteiger charge is -2.08. The Hall–Kier alpha value is -2.34. The second-order valence-electron chi connectivity index (χ2n) is 4.82. The van der Waals surface area contributed by atoms with E-state index in [9.17, 15) is 4.79 Å². The molecule has 1 amide bonds. The fourth-order valence-corrected chi connectivity index (χ4v) is 1.97. The molecule has 1 aromatic carbocycles. The molecule has 1 heterocycles. The summed E-state index contributed by atoms with van der Waals surface area (Å²) in [7, 11) is 0. The molecule has 0 aliphatic carbocycles. The number of carbonyl (C=O) groups is 1. The van der Waals surface area contributed by atoms with Gasteiger partial charge in [0.25, 0.3) is 5.91 Å². The van der Waals surface area contributed by atoms with E-state index >= 15 is 0 Å². The fourth-order valence-electron chi connectivity index (χ4n) is 1.97. The number of aryl methyl sites for hydroxylation is 2. The summed E-state index contributed by atoms with van der Waals surface area (Å²) in [6.07, 6.45) is 1.68. The minimum atomic E-state index is -0.311. The molecule has 0 aliphatic rings. The maximum Gasteiger partial charge on any atom is 0.271 e. The van der Waals surface area contributed by atoms with Crippen LogP contribution in [0.15, 0.2) is 30.5 Å². The number of aliphatic hydroxyl groups excluding tert-OH is 1. The van der Waals surface area contributed by atoms with Gasteiger partial charge in [-0.3, -0.25) is 4.79 Å². The first-order valence-corrected chi connectivity index (χ1v) is 6.72. The first kappa shape index (κ1) is 15.1. The number of amides is 1. The number of rotatable bonds is 6. The van der Waals surface area contributed by atoms with Gasteiger partial charge in [-0.25, -0.2) is 4.68 Å². The second-order valence-corrected chi connectivity index (χ2v) is 4.82. The number of ether oxygens (including phenoxy) is 1. The zero-order valence-electron chi connectivity index (χ0n) is 12.2. The Morgan fingerprint density at radius 1 is 1.33 bits per heavy atom. The van der Waals surface area contributed by atoms with E-state index in [4.69, 9.17) is 9.84 Å². The lowest BCUT2D eigenvalue weighted by Crippen LogP contribution is -2.26. The summed E-state index contributed by atoms with van der Waals surface area (Å²) in [5.74, 6) is 0.462. The highest BCUT2D eigenvalue weighted by Crippen LogP contribution is 2.16. The molecule has 2 N–H and O–H groups in total. The van der Waals surface area contributed by atoms with Crippen molar-refractivity contribution in [3.8, 4) is 5.75 Å². The molecule has 0 aliphatic heterocycles. The number of hydrogen-bond acceptors (Lipinski definition) is 4. The molecule has 6 nitrogen and oxygen atoms in total. The van der Waals surface area contributed by atoms with Crippen LogP contribution in [0.4, 0.5) is 0 Å². The molecule has 0 saturated heterocycles. The Morgan fingerprint density at radius 3 is 2.71 bits per heavy atom. The topological polar surface area (TPSA) is 76.4 Å². The van der Waals surface area contributed by atoms with Gasteiger partial charge in [-0.2, -0.15) is 5.10 Å². The van der Waals surface area contributed by atoms with Gasteiger partial charge in [-0.1, -0.05) is 6.07 Å². The molecule has 0 atom stereocenters. The molecule has 2 rings (SSSR count). The Kier molecular flexibility index (Phi) is 4.94. The lowest BCUT2D eigenvalue weighted by atomic mass is 10.1. The first-order chi connectivity index (χ1) is 10.1. The van der Waals surface area contributed by atoms with Crippen molar-refractivity contribution in [1.82, 2.24) is 15.1 Å². The molecule has 0 fully saturated rings. The Bertz CT molecular complexity index is 602. The van der Waals surface area contributed by atoms with Crippen LogP contribution in [0.5, 0.6) is 5.75 Å². The summed E-state index contributed by atoms with van der Waals surface area (Å²) < 4.78 is 7.20. The van der Waals surface area contributed by atoms with E-state index in [-0.39, 0.29) is 25.8 Å². The zero-order chi connectivity index (χ0) is 15.2. The van der Waals surface area contributed by atoms with E-state index < -0.39 is 0 Å². The SMILES string of the molecule is Cc1cc(C)cc(OCn2ccc(C(=O)NCCO)n2)c1. The van der Waals surface area contributed by atoms with Crippen LogP contribution in [0.3, 0.4) is 0 Å². The number of aromatic nitrogens is 2. The number of hydrogen-bond donors (Lipinski definition) is 2. The van der Waals surface area contributed by atoms with Crippen LogP contribution in [-0.4, -0.2) is 33.9 Å². The molecule has 2 aromatic rings. The van der Waals surface area contributed by atoms with Crippen LogP contribution in [0.1, 0.15) is 21.6 Å². The maximum absolute atomic E-state index is 11.6. The normalized spacial score (nSPS) is 10.4. The Morgan fingerprint density at radius 2 is 2.05 bits per heavy atom. The number of nitrogens with one attached hydrogen (secondary N) is 1. The molecule has 0 radical (unpaired) electrons. The number of benzene rings is 1. The Balaban J connectivity index is 1.95. The van der Waals surface area contributed by atoms with Crippen molar-refractivity contribution in [2.75, 3.05) is 13.2 Å². The van der Waals surface area contributed by atoms with Gasteiger partial charge >= 0.3 is 0 Å². The van der Waals surface area contributed by atoms with Gasteiger partial charge in [0.15, 0.2) is 6.73 Å². The summed E-state index contributed by atoms with van der Waals surface area (Å²) in [5.41, 5.74) is 2.57. The molecule has 0 saturated carbocycles. The first-order valence-electron chi connectivity index (χ1n) is 6.72. The molecular formula is C15H19N3O3. The minimum Gasteiger partial charge on any atom is -0.471 e. The van der Waals surface area contributed by atoms with E-state index in [1.165, 1.54) is 0 Å². The molecule has 21 heavy (non-hydrogen) atoms. The highest BCUT2D eigenvalue weighted by Gasteiger charge is 2.08. The van der Waals surface area contributed by atoms with Crippen LogP contribution >= 0.6 is 0 Å². The van der Waals surface area contributed by atoms with E-state index in [0.29, 0.717) is 5.69 Å². The highest BCUT2D eigenvalue weighted by atomic mass is 16.5. The monoisotopic (exact) mass is 289 g/mol. The van der Waals surface area contributed by atoms with Gasteiger partial charge in [0, 0.05) is 12.7 Å².